The Kier molecular flexibility index (Phi) is 5.86. The van der Waals surface area contributed by atoms with Crippen LogP contribution in [0, 0.1) is 6.92 Å². The van der Waals surface area contributed by atoms with Crippen molar-refractivity contribution in [3.8, 4) is 0 Å². The highest BCUT2D eigenvalue weighted by Crippen LogP contribution is 2.36. The van der Waals surface area contributed by atoms with E-state index in [1.54, 1.807) is 6.07 Å². The van der Waals surface area contributed by atoms with E-state index in [4.69, 9.17) is 0 Å². The van der Waals surface area contributed by atoms with Crippen molar-refractivity contribution in [2.45, 2.75) is 31.1 Å². The molecule has 7 nitrogen and oxygen atoms in total. The van der Waals surface area contributed by atoms with Crippen molar-refractivity contribution in [3.63, 3.8) is 0 Å². The monoisotopic (exact) mass is 430 g/mol. The molecule has 2 aromatic rings. The summed E-state index contributed by atoms with van der Waals surface area (Å²) >= 11 is 2.78. The smallest absolute Gasteiger partial charge is 0.253 e. The Hall–Kier alpha value is -2.39. The first-order valence-corrected chi connectivity index (χ1v) is 11.5. The summed E-state index contributed by atoms with van der Waals surface area (Å²) < 4.78 is 0. The van der Waals surface area contributed by atoms with E-state index in [-0.39, 0.29) is 30.0 Å². The third-order valence-electron chi connectivity index (χ3n) is 4.96. The average molecular weight is 431 g/mol. The van der Waals surface area contributed by atoms with Crippen molar-refractivity contribution >= 4 is 51.6 Å². The van der Waals surface area contributed by atoms with Gasteiger partial charge in [-0.2, -0.15) is 0 Å². The molecule has 1 fully saturated rings. The summed E-state index contributed by atoms with van der Waals surface area (Å²) in [6.45, 7) is 3.28. The van der Waals surface area contributed by atoms with Gasteiger partial charge in [-0.05, 0) is 44.4 Å². The van der Waals surface area contributed by atoms with E-state index in [0.717, 1.165) is 42.9 Å². The maximum Gasteiger partial charge on any atom is 0.253 e. The number of benzene rings is 1. The number of amides is 3. The summed E-state index contributed by atoms with van der Waals surface area (Å²) in [6.07, 6.45) is 3.20. The number of aromatic nitrogens is 1. The quantitative estimate of drug-likeness (QED) is 0.806. The molecule has 2 aliphatic rings. The van der Waals surface area contributed by atoms with E-state index in [0.29, 0.717) is 16.4 Å². The first-order valence-electron chi connectivity index (χ1n) is 9.60. The number of anilines is 2. The molecule has 1 aromatic carbocycles. The largest absolute Gasteiger partial charge is 0.339 e. The summed E-state index contributed by atoms with van der Waals surface area (Å²) in [5, 5.41) is 5.11. The van der Waals surface area contributed by atoms with Gasteiger partial charge in [0.2, 0.25) is 11.8 Å². The standard InChI is InChI=1S/C20H22N4O3S2/c1-13-11-29-20(21-13)22-17(25)10-24-15-9-14(5-6-16(15)28-12-18(24)26)19(27)23-7-3-2-4-8-23/h5-6,9,11H,2-4,7-8,10,12H2,1H3,(H,21,22,25). The van der Waals surface area contributed by atoms with Crippen molar-refractivity contribution in [1.29, 1.82) is 0 Å². The first kappa shape index (κ1) is 19.9. The Bertz CT molecular complexity index is 953. The lowest BCUT2D eigenvalue weighted by Crippen LogP contribution is -2.41. The van der Waals surface area contributed by atoms with Gasteiger partial charge >= 0.3 is 0 Å². The molecule has 9 heteroatoms. The second-order valence-corrected chi connectivity index (χ2v) is 9.02. The topological polar surface area (TPSA) is 82.6 Å². The van der Waals surface area contributed by atoms with Crippen molar-refractivity contribution in [2.75, 3.05) is 35.6 Å². The molecule has 4 rings (SSSR count). The number of nitrogens with zero attached hydrogens (tertiary/aromatic N) is 3. The number of thioether (sulfide) groups is 1. The lowest BCUT2D eigenvalue weighted by Gasteiger charge is -2.30. The highest BCUT2D eigenvalue weighted by atomic mass is 32.2. The van der Waals surface area contributed by atoms with Crippen LogP contribution in [0.25, 0.3) is 0 Å². The van der Waals surface area contributed by atoms with Gasteiger partial charge < -0.3 is 15.1 Å². The fourth-order valence-corrected chi connectivity index (χ4v) is 5.12. The Morgan fingerprint density at radius 2 is 2.00 bits per heavy atom. The van der Waals surface area contributed by atoms with Crippen LogP contribution in [0.1, 0.15) is 35.3 Å². The third kappa shape index (κ3) is 4.45. The van der Waals surface area contributed by atoms with Crippen LogP contribution >= 0.6 is 23.1 Å². The van der Waals surface area contributed by atoms with Gasteiger partial charge in [-0.15, -0.1) is 23.1 Å². The summed E-state index contributed by atoms with van der Waals surface area (Å²) in [7, 11) is 0. The number of carbonyl (C=O) groups excluding carboxylic acids is 3. The molecule has 1 N–H and O–H groups in total. The predicted molar refractivity (Wildman–Crippen MR) is 115 cm³/mol. The molecule has 0 spiro atoms. The van der Waals surface area contributed by atoms with Crippen molar-refractivity contribution in [2.24, 2.45) is 0 Å². The van der Waals surface area contributed by atoms with Crippen LogP contribution < -0.4 is 10.2 Å². The summed E-state index contributed by atoms with van der Waals surface area (Å²) in [4.78, 5) is 46.4. The number of thiazole rings is 1. The minimum Gasteiger partial charge on any atom is -0.339 e. The normalized spacial score (nSPS) is 16.5. The van der Waals surface area contributed by atoms with E-state index < -0.39 is 0 Å². The Morgan fingerprint density at radius 3 is 2.72 bits per heavy atom. The van der Waals surface area contributed by atoms with Gasteiger partial charge in [-0.3, -0.25) is 14.4 Å². The molecule has 0 bridgehead atoms. The second kappa shape index (κ2) is 8.54. The lowest BCUT2D eigenvalue weighted by molar-refractivity contribution is -0.120. The average Bonchev–Trinajstić information content (AvgIpc) is 3.14. The number of aryl methyl sites for hydroxylation is 1. The van der Waals surface area contributed by atoms with Crippen LogP contribution in [0.5, 0.6) is 0 Å². The molecule has 3 amide bonds. The molecule has 0 saturated carbocycles. The van der Waals surface area contributed by atoms with E-state index >= 15 is 0 Å². The Morgan fingerprint density at radius 1 is 1.21 bits per heavy atom. The van der Waals surface area contributed by atoms with E-state index in [1.165, 1.54) is 28.0 Å². The molecule has 0 aliphatic carbocycles. The van der Waals surface area contributed by atoms with Crippen LogP contribution in [-0.4, -0.2) is 53.0 Å². The van der Waals surface area contributed by atoms with E-state index in [2.05, 4.69) is 10.3 Å². The minimum atomic E-state index is -0.307. The molecule has 1 saturated heterocycles. The summed E-state index contributed by atoms with van der Waals surface area (Å²) in [6, 6.07) is 5.44. The predicted octanol–water partition coefficient (Wildman–Crippen LogP) is 3.16. The molecule has 0 unspecified atom stereocenters. The third-order valence-corrected chi connectivity index (χ3v) is 6.88. The highest BCUT2D eigenvalue weighted by Gasteiger charge is 2.28. The maximum absolute atomic E-state index is 12.9. The molecule has 2 aliphatic heterocycles. The molecule has 1 aromatic heterocycles. The zero-order valence-corrected chi connectivity index (χ0v) is 17.8. The zero-order chi connectivity index (χ0) is 20.4. The van der Waals surface area contributed by atoms with Gasteiger partial charge in [-0.25, -0.2) is 4.98 Å². The highest BCUT2D eigenvalue weighted by molar-refractivity contribution is 8.00. The molecular formula is C20H22N4O3S2. The van der Waals surface area contributed by atoms with Gasteiger partial charge in [-0.1, -0.05) is 0 Å². The second-order valence-electron chi connectivity index (χ2n) is 7.15. The fourth-order valence-electron chi connectivity index (χ4n) is 3.50. The number of hydrogen-bond acceptors (Lipinski definition) is 6. The fraction of sp³-hybridized carbons (Fsp3) is 0.400. The molecule has 152 valence electrons. The summed E-state index contributed by atoms with van der Waals surface area (Å²) in [5.41, 5.74) is 2.02. The Balaban J connectivity index is 1.54. The van der Waals surface area contributed by atoms with Crippen LogP contribution in [-0.2, 0) is 9.59 Å². The number of hydrogen-bond donors (Lipinski definition) is 1. The van der Waals surface area contributed by atoms with E-state index in [9.17, 15) is 14.4 Å². The van der Waals surface area contributed by atoms with E-state index in [1.807, 2.05) is 29.3 Å². The number of rotatable bonds is 4. The lowest BCUT2D eigenvalue weighted by atomic mass is 10.1. The molecular weight excluding hydrogens is 408 g/mol. The molecule has 29 heavy (non-hydrogen) atoms. The molecule has 0 atom stereocenters. The van der Waals surface area contributed by atoms with Gasteiger partial charge in [0, 0.05) is 28.9 Å². The number of fused-ring (bicyclic) bond motifs is 1. The zero-order valence-electron chi connectivity index (χ0n) is 16.1. The number of piperidine rings is 1. The van der Waals surface area contributed by atoms with Gasteiger partial charge in [0.1, 0.15) is 6.54 Å². The molecule has 3 heterocycles. The van der Waals surface area contributed by atoms with Crippen molar-refractivity contribution in [1.82, 2.24) is 9.88 Å². The van der Waals surface area contributed by atoms with Crippen molar-refractivity contribution in [3.05, 3.63) is 34.8 Å². The minimum absolute atomic E-state index is 0.0156. The molecule has 0 radical (unpaired) electrons. The van der Waals surface area contributed by atoms with Crippen LogP contribution in [0.2, 0.25) is 0 Å². The summed E-state index contributed by atoms with van der Waals surface area (Å²) in [5.74, 6) is -0.192. The SMILES string of the molecule is Cc1csc(NC(=O)CN2C(=O)CSc3ccc(C(=O)N4CCCCC4)cc32)n1. The first-order chi connectivity index (χ1) is 14.0. The van der Waals surface area contributed by atoms with Crippen LogP contribution in [0.4, 0.5) is 10.8 Å². The Labute approximate surface area is 177 Å². The van der Waals surface area contributed by atoms with Gasteiger partial charge in [0.15, 0.2) is 5.13 Å². The number of carbonyl (C=O) groups is 3. The van der Waals surface area contributed by atoms with Gasteiger partial charge in [0.25, 0.3) is 5.91 Å². The van der Waals surface area contributed by atoms with Crippen molar-refractivity contribution < 1.29 is 14.4 Å². The number of likely N-dealkylation sites (tertiary alicyclic amines) is 1. The van der Waals surface area contributed by atoms with Crippen LogP contribution in [0.3, 0.4) is 0 Å². The van der Waals surface area contributed by atoms with Gasteiger partial charge in [0.05, 0.1) is 17.1 Å². The maximum atomic E-state index is 12.9. The number of nitrogens with one attached hydrogen (secondary N) is 1. The van der Waals surface area contributed by atoms with Crippen LogP contribution in [0.15, 0.2) is 28.5 Å².